The van der Waals surface area contributed by atoms with Crippen molar-refractivity contribution in [1.82, 2.24) is 0 Å². The van der Waals surface area contributed by atoms with Crippen molar-refractivity contribution in [3.8, 4) is 0 Å². The molecule has 4 aliphatic carbocycles. The molecule has 0 aromatic heterocycles. The Kier molecular flexibility index (Phi) is 5.32. The molecule has 1 heteroatoms. The molecule has 0 aromatic rings. The Labute approximate surface area is 168 Å². The zero-order valence-corrected chi connectivity index (χ0v) is 18.6. The summed E-state index contributed by atoms with van der Waals surface area (Å²) in [6.07, 6.45) is 15.9. The van der Waals surface area contributed by atoms with Gasteiger partial charge < -0.3 is 5.11 Å². The largest absolute Gasteiger partial charge is 0.393 e. The number of hydrogen-bond donors (Lipinski definition) is 1. The molecular weight excluding hydrogens is 328 g/mol. The van der Waals surface area contributed by atoms with Crippen LogP contribution in [-0.2, 0) is 0 Å². The first-order chi connectivity index (χ1) is 12.8. The summed E-state index contributed by atoms with van der Waals surface area (Å²) in [6, 6.07) is 0. The van der Waals surface area contributed by atoms with Gasteiger partial charge in [-0.3, -0.25) is 0 Å². The lowest BCUT2D eigenvalue weighted by atomic mass is 9.47. The Bertz CT molecular complexity index is 577. The number of rotatable bonds is 4. The summed E-state index contributed by atoms with van der Waals surface area (Å²) in [7, 11) is 0. The van der Waals surface area contributed by atoms with E-state index in [4.69, 9.17) is 0 Å². The molecule has 3 fully saturated rings. The average molecular weight is 373 g/mol. The number of allylic oxidation sites excluding steroid dienone is 2. The summed E-state index contributed by atoms with van der Waals surface area (Å²) in [6.45, 7) is 12.3. The van der Waals surface area contributed by atoms with Gasteiger partial charge in [-0.1, -0.05) is 65.5 Å². The van der Waals surface area contributed by atoms with Crippen LogP contribution in [-0.4, -0.2) is 11.2 Å². The predicted molar refractivity (Wildman–Crippen MR) is 114 cm³/mol. The van der Waals surface area contributed by atoms with Crippen LogP contribution < -0.4 is 0 Å². The minimum atomic E-state index is -0.0589. The minimum Gasteiger partial charge on any atom is -0.393 e. The molecule has 3 saturated carbocycles. The van der Waals surface area contributed by atoms with E-state index in [-0.39, 0.29) is 6.10 Å². The van der Waals surface area contributed by atoms with E-state index in [2.05, 4.69) is 40.7 Å². The van der Waals surface area contributed by atoms with Gasteiger partial charge in [-0.15, -0.1) is 0 Å². The first-order valence-corrected chi connectivity index (χ1v) is 12.1. The van der Waals surface area contributed by atoms with E-state index in [9.17, 15) is 5.11 Å². The van der Waals surface area contributed by atoms with Crippen molar-refractivity contribution in [3.05, 3.63) is 11.6 Å². The Morgan fingerprint density at radius 3 is 2.63 bits per heavy atom. The van der Waals surface area contributed by atoms with Crippen molar-refractivity contribution in [2.75, 3.05) is 0 Å². The summed E-state index contributed by atoms with van der Waals surface area (Å²) in [5, 5.41) is 11.3. The second-order valence-corrected chi connectivity index (χ2v) is 11.8. The third-order valence-electron chi connectivity index (χ3n) is 9.96. The summed E-state index contributed by atoms with van der Waals surface area (Å²) in [5.41, 5.74) is 2.60. The van der Waals surface area contributed by atoms with E-state index in [0.717, 1.165) is 36.0 Å². The van der Waals surface area contributed by atoms with Gasteiger partial charge in [0.25, 0.3) is 0 Å². The lowest BCUT2D eigenvalue weighted by molar-refractivity contribution is -0.0767. The Morgan fingerprint density at radius 1 is 1.11 bits per heavy atom. The van der Waals surface area contributed by atoms with E-state index in [0.29, 0.717) is 16.7 Å². The van der Waals surface area contributed by atoms with E-state index in [1.54, 1.807) is 5.57 Å². The fraction of sp³-hybridized carbons (Fsp3) is 0.923. The highest BCUT2D eigenvalue weighted by Crippen LogP contribution is 2.67. The zero-order chi connectivity index (χ0) is 19.4. The molecule has 0 unspecified atom stereocenters. The van der Waals surface area contributed by atoms with Crippen molar-refractivity contribution in [1.29, 1.82) is 0 Å². The van der Waals surface area contributed by atoms with Crippen molar-refractivity contribution in [3.63, 3.8) is 0 Å². The van der Waals surface area contributed by atoms with Gasteiger partial charge in [0, 0.05) is 0 Å². The van der Waals surface area contributed by atoms with Crippen LogP contribution in [0.15, 0.2) is 11.6 Å². The van der Waals surface area contributed by atoms with E-state index in [1.165, 1.54) is 57.8 Å². The molecule has 0 amide bonds. The van der Waals surface area contributed by atoms with Crippen LogP contribution in [0.1, 0.15) is 98.8 Å². The fourth-order valence-corrected chi connectivity index (χ4v) is 8.49. The van der Waals surface area contributed by atoms with Gasteiger partial charge in [-0.2, -0.15) is 0 Å². The van der Waals surface area contributed by atoms with Gasteiger partial charge in [0.15, 0.2) is 0 Å². The smallest absolute Gasteiger partial charge is 0.0579 e. The zero-order valence-electron chi connectivity index (χ0n) is 18.6. The van der Waals surface area contributed by atoms with Crippen molar-refractivity contribution >= 4 is 0 Å². The standard InChI is InChI=1S/C26H44O/c1-17(2)9-10-18(3)22-16-23(27)24-20-12-11-19-8-6-7-14-25(19,4)21(20)13-15-26(22,24)5/h11,17-18,20-24,27H,6-10,12-16H2,1-5H3/t18-,20-,21+,22-,23-,24-,25+,26-/m1/s1. The first kappa shape index (κ1) is 20.0. The van der Waals surface area contributed by atoms with Crippen LogP contribution in [0.25, 0.3) is 0 Å². The summed E-state index contributed by atoms with van der Waals surface area (Å²) in [4.78, 5) is 0. The van der Waals surface area contributed by atoms with E-state index < -0.39 is 0 Å². The monoisotopic (exact) mass is 372 g/mol. The van der Waals surface area contributed by atoms with Crippen molar-refractivity contribution in [2.45, 2.75) is 105 Å². The summed E-state index contributed by atoms with van der Waals surface area (Å²) >= 11 is 0. The molecule has 0 aromatic carbocycles. The highest BCUT2D eigenvalue weighted by molar-refractivity contribution is 5.25. The molecule has 1 nitrogen and oxygen atoms in total. The van der Waals surface area contributed by atoms with Gasteiger partial charge >= 0.3 is 0 Å². The molecule has 154 valence electrons. The first-order valence-electron chi connectivity index (χ1n) is 12.1. The van der Waals surface area contributed by atoms with Crippen LogP contribution >= 0.6 is 0 Å². The molecular formula is C26H44O. The molecule has 1 N–H and O–H groups in total. The summed E-state index contributed by atoms with van der Waals surface area (Å²) < 4.78 is 0. The molecule has 0 saturated heterocycles. The molecule has 0 bridgehead atoms. The highest BCUT2D eigenvalue weighted by atomic mass is 16.3. The molecule has 27 heavy (non-hydrogen) atoms. The lowest BCUT2D eigenvalue weighted by Crippen LogP contribution is -2.51. The summed E-state index contributed by atoms with van der Waals surface area (Å²) in [5.74, 6) is 4.38. The molecule has 0 radical (unpaired) electrons. The number of aliphatic hydroxyl groups excluding tert-OH is 1. The SMILES string of the molecule is CC(C)CC[C@@H](C)[C@H]1C[C@@H](O)[C@H]2[C@@H]3CC=C4CCCC[C@]4(C)[C@H]3CC[C@@]21C. The van der Waals surface area contributed by atoms with Gasteiger partial charge in [-0.25, -0.2) is 0 Å². The maximum absolute atomic E-state index is 11.3. The highest BCUT2D eigenvalue weighted by Gasteiger charge is 2.61. The third kappa shape index (κ3) is 3.15. The molecule has 0 heterocycles. The predicted octanol–water partition coefficient (Wildman–Crippen LogP) is 7.00. The number of fused-ring (bicyclic) bond motifs is 5. The van der Waals surface area contributed by atoms with Crippen LogP contribution in [0, 0.1) is 46.3 Å². The molecule has 0 aliphatic heterocycles. The number of hydrogen-bond acceptors (Lipinski definition) is 1. The van der Waals surface area contributed by atoms with Crippen LogP contribution in [0.5, 0.6) is 0 Å². The average Bonchev–Trinajstić information content (AvgIpc) is 2.90. The maximum Gasteiger partial charge on any atom is 0.0579 e. The molecule has 4 rings (SSSR count). The molecule has 4 aliphatic rings. The topological polar surface area (TPSA) is 20.2 Å². The third-order valence-corrected chi connectivity index (χ3v) is 9.96. The lowest BCUT2D eigenvalue weighted by Gasteiger charge is -2.58. The van der Waals surface area contributed by atoms with Crippen LogP contribution in [0.2, 0.25) is 0 Å². The minimum absolute atomic E-state index is 0.0589. The van der Waals surface area contributed by atoms with Crippen molar-refractivity contribution < 1.29 is 5.11 Å². The van der Waals surface area contributed by atoms with E-state index >= 15 is 0 Å². The van der Waals surface area contributed by atoms with Gasteiger partial charge in [-0.05, 0) is 91.3 Å². The molecule has 0 spiro atoms. The van der Waals surface area contributed by atoms with E-state index in [1.807, 2.05) is 0 Å². The van der Waals surface area contributed by atoms with Crippen molar-refractivity contribution in [2.24, 2.45) is 46.3 Å². The van der Waals surface area contributed by atoms with Crippen LogP contribution in [0.3, 0.4) is 0 Å². The fourth-order valence-electron chi connectivity index (χ4n) is 8.49. The Hall–Kier alpha value is -0.300. The van der Waals surface area contributed by atoms with Gasteiger partial charge in [0.2, 0.25) is 0 Å². The molecule has 8 atom stereocenters. The second kappa shape index (κ2) is 7.19. The Balaban J connectivity index is 1.58. The number of aliphatic hydroxyl groups is 1. The quantitative estimate of drug-likeness (QED) is 0.527. The normalized spacial score (nSPS) is 47.8. The van der Waals surface area contributed by atoms with Crippen LogP contribution in [0.4, 0.5) is 0 Å². The maximum atomic E-state index is 11.3. The van der Waals surface area contributed by atoms with Gasteiger partial charge in [0.1, 0.15) is 0 Å². The second-order valence-electron chi connectivity index (χ2n) is 11.8. The van der Waals surface area contributed by atoms with Gasteiger partial charge in [0.05, 0.1) is 6.10 Å². The Morgan fingerprint density at radius 2 is 1.89 bits per heavy atom.